The van der Waals surface area contributed by atoms with Crippen molar-refractivity contribution in [3.8, 4) is 0 Å². The molecule has 1 radical (unpaired) electrons. The van der Waals surface area contributed by atoms with Crippen molar-refractivity contribution in [1.29, 1.82) is 0 Å². The maximum absolute atomic E-state index is 8.36. The molecule has 0 heterocycles. The Hall–Kier alpha value is 0.343. The molecule has 0 fully saturated rings. The van der Waals surface area contributed by atoms with Crippen molar-refractivity contribution in [3.63, 3.8) is 0 Å². The first-order valence-electron chi connectivity index (χ1n) is 0.565. The third kappa shape index (κ3) is 413. The Morgan fingerprint density at radius 2 is 1.67 bits per heavy atom. The second-order valence-corrected chi connectivity index (χ2v) is 0.238. The van der Waals surface area contributed by atoms with Gasteiger partial charge in [0, 0.05) is 36.5 Å². The molecule has 6 heavy (non-hydrogen) atoms. The molecule has 0 rings (SSSR count). The average Bonchev–Trinajstić information content (AvgIpc) is 0.811. The van der Waals surface area contributed by atoms with Crippen molar-refractivity contribution in [2.24, 2.45) is 0 Å². The van der Waals surface area contributed by atoms with Crippen molar-refractivity contribution in [1.82, 2.24) is 0 Å². The molecule has 0 aromatic rings. The SMILES string of the molecule is O=[N+]([O-])O.[Mn].[Zn]. The fourth-order valence-electron chi connectivity index (χ4n) is 0. The first-order chi connectivity index (χ1) is 1.73. The Morgan fingerprint density at radius 1 is 1.67 bits per heavy atom. The van der Waals surface area contributed by atoms with Gasteiger partial charge in [-0.3, -0.25) is 0 Å². The van der Waals surface area contributed by atoms with Crippen LogP contribution in [-0.4, -0.2) is 10.3 Å². The van der Waals surface area contributed by atoms with Crippen LogP contribution in [-0.2, 0) is 36.5 Å². The van der Waals surface area contributed by atoms with Crippen molar-refractivity contribution < 1.29 is 46.8 Å². The van der Waals surface area contributed by atoms with Crippen LogP contribution in [0.2, 0.25) is 0 Å². The molecule has 0 amide bonds. The smallest absolute Gasteiger partial charge is 0.291 e. The van der Waals surface area contributed by atoms with E-state index in [1.165, 1.54) is 0 Å². The molecule has 0 unspecified atom stereocenters. The fourth-order valence-corrected chi connectivity index (χ4v) is 0. The standard InChI is InChI=1S/Mn.HNO3.Zn/c;2-1(3)4;/h;(H,2,3,4);. The molecule has 0 atom stereocenters. The summed E-state index contributed by atoms with van der Waals surface area (Å²) < 4.78 is 0. The molecule has 0 aliphatic carbocycles. The predicted molar refractivity (Wildman–Crippen MR) is 8.78 cm³/mol. The van der Waals surface area contributed by atoms with Gasteiger partial charge in [-0.05, 0) is 0 Å². The van der Waals surface area contributed by atoms with Gasteiger partial charge in [0.15, 0.2) is 0 Å². The van der Waals surface area contributed by atoms with Gasteiger partial charge >= 0.3 is 0 Å². The van der Waals surface area contributed by atoms with E-state index in [0.717, 1.165) is 0 Å². The monoisotopic (exact) mass is 182 g/mol. The number of nitrogens with zero attached hydrogens (tertiary/aromatic N) is 1. The van der Waals surface area contributed by atoms with E-state index in [1.807, 2.05) is 0 Å². The molecule has 0 saturated heterocycles. The summed E-state index contributed by atoms with van der Waals surface area (Å²) in [4.78, 5) is 8.36. The van der Waals surface area contributed by atoms with Crippen molar-refractivity contribution >= 4 is 0 Å². The number of rotatable bonds is 0. The van der Waals surface area contributed by atoms with E-state index in [9.17, 15) is 0 Å². The summed E-state index contributed by atoms with van der Waals surface area (Å²) >= 11 is 0. The summed E-state index contributed by atoms with van der Waals surface area (Å²) in [5.74, 6) is 0. The number of hydrogen-bond acceptors (Lipinski definition) is 2. The van der Waals surface area contributed by atoms with Crippen LogP contribution in [0.15, 0.2) is 0 Å². The molecule has 33 valence electrons. The van der Waals surface area contributed by atoms with Crippen molar-refractivity contribution in [2.45, 2.75) is 0 Å². The molecule has 0 aliphatic heterocycles. The second kappa shape index (κ2) is 9.02. The van der Waals surface area contributed by atoms with Crippen LogP contribution in [0.1, 0.15) is 0 Å². The van der Waals surface area contributed by atoms with Crippen LogP contribution < -0.4 is 0 Å². The Kier molecular flexibility index (Phi) is 24.4. The molecule has 4 nitrogen and oxygen atoms in total. The Bertz CT molecular complexity index is 33.8. The summed E-state index contributed by atoms with van der Waals surface area (Å²) in [6.07, 6.45) is 0. The predicted octanol–water partition coefficient (Wildman–Crippen LogP) is -0.353. The van der Waals surface area contributed by atoms with Gasteiger partial charge in [-0.25, -0.2) is 0 Å². The summed E-state index contributed by atoms with van der Waals surface area (Å²) in [6.45, 7) is 0. The maximum Gasteiger partial charge on any atom is 0.291 e. The van der Waals surface area contributed by atoms with Gasteiger partial charge in [0.05, 0.1) is 0 Å². The quantitative estimate of drug-likeness (QED) is 0.317. The Balaban J connectivity index is -0.0000000450. The first kappa shape index (κ1) is 16.2. The molecule has 0 bridgehead atoms. The van der Waals surface area contributed by atoms with Gasteiger partial charge in [-0.2, -0.15) is 0 Å². The largest absolute Gasteiger partial charge is 0.328 e. The molecule has 6 heteroatoms. The summed E-state index contributed by atoms with van der Waals surface area (Å²) in [5.41, 5.74) is 0. The van der Waals surface area contributed by atoms with Gasteiger partial charge in [-0.1, -0.05) is 0 Å². The van der Waals surface area contributed by atoms with E-state index in [4.69, 9.17) is 15.3 Å². The van der Waals surface area contributed by atoms with Gasteiger partial charge in [0.25, 0.3) is 5.09 Å². The molecule has 0 spiro atoms. The van der Waals surface area contributed by atoms with Gasteiger partial charge in [-0.15, -0.1) is 10.1 Å². The first-order valence-corrected chi connectivity index (χ1v) is 0.565. The third-order valence-corrected chi connectivity index (χ3v) is 0. The summed E-state index contributed by atoms with van der Waals surface area (Å²) in [5, 5.41) is 13.6. The molecule has 0 aliphatic rings. The van der Waals surface area contributed by atoms with Crippen LogP contribution >= 0.6 is 0 Å². The molecule has 0 aromatic carbocycles. The maximum atomic E-state index is 8.36. The third-order valence-electron chi connectivity index (χ3n) is 0. The van der Waals surface area contributed by atoms with E-state index in [0.29, 0.717) is 0 Å². The minimum Gasteiger partial charge on any atom is -0.328 e. The fraction of sp³-hybridized carbons (Fsp3) is 0. The zero-order chi connectivity index (χ0) is 3.58. The van der Waals surface area contributed by atoms with Crippen LogP contribution in [0.3, 0.4) is 0 Å². The molecular weight excluding hydrogens is 182 g/mol. The average molecular weight is 183 g/mol. The molecule has 1 N–H and O–H groups in total. The summed E-state index contributed by atoms with van der Waals surface area (Å²) in [6, 6.07) is 0. The normalized spacial score (nSPS) is 4.00. The van der Waals surface area contributed by atoms with E-state index in [2.05, 4.69) is 0 Å². The van der Waals surface area contributed by atoms with Gasteiger partial charge < -0.3 is 5.21 Å². The van der Waals surface area contributed by atoms with Crippen molar-refractivity contribution in [3.05, 3.63) is 10.1 Å². The van der Waals surface area contributed by atoms with E-state index in [-0.39, 0.29) is 36.5 Å². The van der Waals surface area contributed by atoms with Crippen LogP contribution in [0.25, 0.3) is 0 Å². The zero-order valence-corrected chi connectivity index (χ0v) is 6.94. The Morgan fingerprint density at radius 3 is 1.67 bits per heavy atom. The summed E-state index contributed by atoms with van der Waals surface area (Å²) in [7, 11) is 0. The van der Waals surface area contributed by atoms with Gasteiger partial charge in [0.1, 0.15) is 0 Å². The van der Waals surface area contributed by atoms with E-state index >= 15 is 0 Å². The van der Waals surface area contributed by atoms with E-state index < -0.39 is 5.09 Å². The topological polar surface area (TPSA) is 63.4 Å². The Labute approximate surface area is 57.3 Å². The van der Waals surface area contributed by atoms with Crippen LogP contribution in [0.5, 0.6) is 0 Å². The van der Waals surface area contributed by atoms with E-state index in [1.54, 1.807) is 0 Å². The number of hydrogen-bond donors (Lipinski definition) is 1. The second-order valence-electron chi connectivity index (χ2n) is 0.238. The molecular formula is HMnNO3Zn. The van der Waals surface area contributed by atoms with Gasteiger partial charge in [0.2, 0.25) is 0 Å². The van der Waals surface area contributed by atoms with Crippen LogP contribution in [0, 0.1) is 10.1 Å². The minimum absolute atomic E-state index is 0. The molecule has 0 saturated carbocycles. The minimum atomic E-state index is -1.50. The zero-order valence-electron chi connectivity index (χ0n) is 2.80. The van der Waals surface area contributed by atoms with Crippen LogP contribution in [0.4, 0.5) is 0 Å². The molecule has 0 aromatic heterocycles. The van der Waals surface area contributed by atoms with Crippen molar-refractivity contribution in [2.75, 3.05) is 0 Å².